The van der Waals surface area contributed by atoms with Crippen molar-refractivity contribution in [2.75, 3.05) is 0 Å². The van der Waals surface area contributed by atoms with Gasteiger partial charge in [-0.15, -0.1) is 0 Å². The van der Waals surface area contributed by atoms with Crippen LogP contribution in [0, 0.1) is 22.7 Å². The Morgan fingerprint density at radius 1 is 0.824 bits per heavy atom. The zero-order valence-electron chi connectivity index (χ0n) is 11.5. The van der Waals surface area contributed by atoms with Crippen LogP contribution < -0.4 is 0 Å². The summed E-state index contributed by atoms with van der Waals surface area (Å²) in [4.78, 5) is 0. The Morgan fingerprint density at radius 2 is 1.29 bits per heavy atom. The molecule has 0 spiro atoms. The van der Waals surface area contributed by atoms with Gasteiger partial charge in [0.15, 0.2) is 0 Å². The molecule has 2 bridgehead atoms. The SMILES string of the molecule is CC12CCC(I)CCC(C)(C1)C1CCCCC12. The van der Waals surface area contributed by atoms with E-state index in [1.54, 1.807) is 19.3 Å². The van der Waals surface area contributed by atoms with Gasteiger partial charge in [0.2, 0.25) is 0 Å². The Kier molecular flexibility index (Phi) is 3.29. The van der Waals surface area contributed by atoms with Gasteiger partial charge in [0, 0.05) is 3.92 Å². The topological polar surface area (TPSA) is 0 Å². The second-order valence-corrected chi connectivity index (χ2v) is 9.42. The van der Waals surface area contributed by atoms with Crippen molar-refractivity contribution < 1.29 is 0 Å². The number of fused-ring (bicyclic) bond motifs is 5. The maximum Gasteiger partial charge on any atom is 0.0110 e. The summed E-state index contributed by atoms with van der Waals surface area (Å²) in [5.41, 5.74) is 1.40. The molecule has 0 amide bonds. The summed E-state index contributed by atoms with van der Waals surface area (Å²) in [6.07, 6.45) is 13.6. The lowest BCUT2D eigenvalue weighted by Crippen LogP contribution is -2.29. The summed E-state index contributed by atoms with van der Waals surface area (Å²) in [7, 11) is 0. The van der Waals surface area contributed by atoms with E-state index in [0.29, 0.717) is 10.8 Å². The minimum atomic E-state index is 0.698. The Hall–Kier alpha value is 0.730. The van der Waals surface area contributed by atoms with Crippen molar-refractivity contribution >= 4 is 22.6 Å². The molecule has 0 aromatic rings. The first kappa shape index (κ1) is 12.7. The average molecular weight is 346 g/mol. The normalized spacial score (nSPS) is 54.9. The Morgan fingerprint density at radius 3 is 1.76 bits per heavy atom. The minimum absolute atomic E-state index is 0.698. The van der Waals surface area contributed by atoms with E-state index in [4.69, 9.17) is 0 Å². The average Bonchev–Trinajstić information content (AvgIpc) is 2.56. The van der Waals surface area contributed by atoms with Crippen molar-refractivity contribution in [3.8, 4) is 0 Å². The van der Waals surface area contributed by atoms with Crippen molar-refractivity contribution in [1.82, 2.24) is 0 Å². The van der Waals surface area contributed by atoms with E-state index in [1.807, 2.05) is 0 Å². The highest BCUT2D eigenvalue weighted by Crippen LogP contribution is 2.65. The number of halogens is 1. The molecule has 0 heterocycles. The quantitative estimate of drug-likeness (QED) is 0.396. The molecule has 0 saturated heterocycles. The molecular formula is C16H27I. The zero-order chi connectivity index (χ0) is 12.1. The van der Waals surface area contributed by atoms with Crippen molar-refractivity contribution in [1.29, 1.82) is 0 Å². The van der Waals surface area contributed by atoms with Gasteiger partial charge in [-0.25, -0.2) is 0 Å². The van der Waals surface area contributed by atoms with Crippen LogP contribution >= 0.6 is 22.6 Å². The van der Waals surface area contributed by atoms with Crippen LogP contribution in [0.5, 0.6) is 0 Å². The summed E-state index contributed by atoms with van der Waals surface area (Å²) < 4.78 is 0.951. The van der Waals surface area contributed by atoms with Crippen molar-refractivity contribution in [3.63, 3.8) is 0 Å². The Balaban J connectivity index is 1.92. The first-order valence-corrected chi connectivity index (χ1v) is 8.92. The van der Waals surface area contributed by atoms with E-state index >= 15 is 0 Å². The molecule has 4 unspecified atom stereocenters. The highest BCUT2D eigenvalue weighted by Gasteiger charge is 2.56. The molecule has 3 aliphatic carbocycles. The molecule has 0 N–H and O–H groups in total. The largest absolute Gasteiger partial charge is 0.0826 e. The van der Waals surface area contributed by atoms with Crippen LogP contribution in [0.2, 0.25) is 0 Å². The van der Waals surface area contributed by atoms with Gasteiger partial charge in [0.05, 0.1) is 0 Å². The lowest BCUT2D eigenvalue weighted by atomic mass is 9.67. The second kappa shape index (κ2) is 4.38. The van der Waals surface area contributed by atoms with E-state index < -0.39 is 0 Å². The molecule has 0 radical (unpaired) electrons. The minimum Gasteiger partial charge on any atom is -0.0826 e. The molecule has 1 heteroatoms. The fourth-order valence-corrected chi connectivity index (χ4v) is 6.27. The third-order valence-electron chi connectivity index (χ3n) is 6.42. The molecule has 0 aromatic carbocycles. The summed E-state index contributed by atoms with van der Waals surface area (Å²) >= 11 is 2.71. The van der Waals surface area contributed by atoms with Crippen molar-refractivity contribution in [3.05, 3.63) is 0 Å². The van der Waals surface area contributed by atoms with E-state index in [2.05, 4.69) is 36.4 Å². The smallest absolute Gasteiger partial charge is 0.0110 e. The van der Waals surface area contributed by atoms with E-state index in [1.165, 1.54) is 38.5 Å². The summed E-state index contributed by atoms with van der Waals surface area (Å²) in [5.74, 6) is 2.14. The fourth-order valence-electron chi connectivity index (χ4n) is 5.65. The molecular weight excluding hydrogens is 319 g/mol. The molecule has 0 aromatic heterocycles. The van der Waals surface area contributed by atoms with Gasteiger partial charge in [-0.05, 0) is 67.6 Å². The van der Waals surface area contributed by atoms with Gasteiger partial charge in [0.1, 0.15) is 0 Å². The van der Waals surface area contributed by atoms with E-state index in [9.17, 15) is 0 Å². The molecule has 0 aliphatic heterocycles. The monoisotopic (exact) mass is 346 g/mol. The van der Waals surface area contributed by atoms with Gasteiger partial charge < -0.3 is 0 Å². The third kappa shape index (κ3) is 2.08. The van der Waals surface area contributed by atoms with Crippen LogP contribution in [0.1, 0.15) is 71.6 Å². The molecule has 3 rings (SSSR count). The van der Waals surface area contributed by atoms with Crippen LogP contribution in [0.3, 0.4) is 0 Å². The predicted octanol–water partition coefficient (Wildman–Crippen LogP) is 5.59. The van der Waals surface area contributed by atoms with E-state index in [-0.39, 0.29) is 0 Å². The number of hydrogen-bond donors (Lipinski definition) is 0. The molecule has 0 nitrogen and oxygen atoms in total. The standard InChI is InChI=1S/C16H27I/c1-15-9-7-12(17)8-10-16(2,11-15)14-6-4-3-5-13(14)15/h12-14H,3-11H2,1-2H3. The second-order valence-electron chi connectivity index (χ2n) is 7.66. The van der Waals surface area contributed by atoms with Crippen molar-refractivity contribution in [2.24, 2.45) is 22.7 Å². The van der Waals surface area contributed by atoms with Crippen molar-refractivity contribution in [2.45, 2.75) is 75.6 Å². The van der Waals surface area contributed by atoms with Gasteiger partial charge in [-0.3, -0.25) is 0 Å². The number of rotatable bonds is 0. The Labute approximate surface area is 120 Å². The predicted molar refractivity (Wildman–Crippen MR) is 82.6 cm³/mol. The summed E-state index contributed by atoms with van der Waals surface area (Å²) in [6.45, 7) is 5.27. The first-order chi connectivity index (χ1) is 8.04. The van der Waals surface area contributed by atoms with Gasteiger partial charge in [-0.2, -0.15) is 0 Å². The third-order valence-corrected chi connectivity index (χ3v) is 7.67. The molecule has 98 valence electrons. The Bertz CT molecular complexity index is 272. The number of alkyl halides is 1. The maximum atomic E-state index is 2.71. The first-order valence-electron chi connectivity index (χ1n) is 7.68. The molecule has 3 fully saturated rings. The molecule has 4 atom stereocenters. The zero-order valence-corrected chi connectivity index (χ0v) is 13.6. The molecule has 17 heavy (non-hydrogen) atoms. The fraction of sp³-hybridized carbons (Fsp3) is 1.00. The lowest BCUT2D eigenvalue weighted by Gasteiger charge is -2.38. The summed E-state index contributed by atoms with van der Waals surface area (Å²) in [5, 5.41) is 0. The molecule has 3 saturated carbocycles. The van der Waals surface area contributed by atoms with Crippen LogP contribution in [0.25, 0.3) is 0 Å². The summed E-state index contributed by atoms with van der Waals surface area (Å²) in [6, 6.07) is 0. The van der Waals surface area contributed by atoms with Crippen LogP contribution in [0.15, 0.2) is 0 Å². The van der Waals surface area contributed by atoms with Gasteiger partial charge in [-0.1, -0.05) is 49.3 Å². The van der Waals surface area contributed by atoms with Gasteiger partial charge >= 0.3 is 0 Å². The van der Waals surface area contributed by atoms with Crippen LogP contribution in [-0.2, 0) is 0 Å². The maximum absolute atomic E-state index is 2.71. The van der Waals surface area contributed by atoms with E-state index in [0.717, 1.165) is 15.8 Å². The lowest BCUT2D eigenvalue weighted by molar-refractivity contribution is 0.116. The highest BCUT2D eigenvalue weighted by molar-refractivity contribution is 14.1. The van der Waals surface area contributed by atoms with Crippen LogP contribution in [-0.4, -0.2) is 3.92 Å². The highest BCUT2D eigenvalue weighted by atomic mass is 127. The molecule has 3 aliphatic rings. The van der Waals surface area contributed by atoms with Crippen LogP contribution in [0.4, 0.5) is 0 Å². The van der Waals surface area contributed by atoms with Gasteiger partial charge in [0.25, 0.3) is 0 Å². The number of hydrogen-bond acceptors (Lipinski definition) is 0.